The van der Waals surface area contributed by atoms with Gasteiger partial charge >= 0.3 is 4.87 Å². The molecule has 0 saturated carbocycles. The molecular formula is C17H18N2O4S2. The number of aryl methyl sites for hydroxylation is 1. The summed E-state index contributed by atoms with van der Waals surface area (Å²) >= 11 is 1.04. The summed E-state index contributed by atoms with van der Waals surface area (Å²) in [5.41, 5.74) is 1.74. The van der Waals surface area contributed by atoms with E-state index < -0.39 is 10.0 Å². The smallest absolute Gasteiger partial charge is 0.307 e. The predicted molar refractivity (Wildman–Crippen MR) is 99.0 cm³/mol. The van der Waals surface area contributed by atoms with Gasteiger partial charge in [-0.2, -0.15) is 0 Å². The summed E-state index contributed by atoms with van der Waals surface area (Å²) in [6.07, 6.45) is 0.574. The first-order chi connectivity index (χ1) is 11.9. The number of sulfonamides is 1. The number of hydrogen-bond donors (Lipinski definition) is 1. The molecule has 6 nitrogen and oxygen atoms in total. The van der Waals surface area contributed by atoms with Gasteiger partial charge in [-0.05, 0) is 42.3 Å². The summed E-state index contributed by atoms with van der Waals surface area (Å²) in [7, 11) is -0.348. The Kier molecular flexibility index (Phi) is 4.94. The first-order valence-corrected chi connectivity index (χ1v) is 9.93. The molecule has 0 atom stereocenters. The van der Waals surface area contributed by atoms with Gasteiger partial charge in [0.1, 0.15) is 5.75 Å². The van der Waals surface area contributed by atoms with Gasteiger partial charge in [0.25, 0.3) is 0 Å². The molecule has 0 unspecified atom stereocenters. The molecule has 0 fully saturated rings. The largest absolute Gasteiger partial charge is 0.497 e. The molecule has 8 heteroatoms. The summed E-state index contributed by atoms with van der Waals surface area (Å²) in [6.45, 7) is 0.289. The van der Waals surface area contributed by atoms with Crippen LogP contribution < -0.4 is 14.3 Å². The molecule has 0 aliphatic heterocycles. The van der Waals surface area contributed by atoms with Crippen LogP contribution in [0.1, 0.15) is 5.56 Å². The van der Waals surface area contributed by atoms with Crippen molar-refractivity contribution in [2.24, 2.45) is 7.05 Å². The highest BCUT2D eigenvalue weighted by atomic mass is 32.2. The molecule has 1 heterocycles. The molecule has 132 valence electrons. The highest BCUT2D eigenvalue weighted by molar-refractivity contribution is 7.89. The Morgan fingerprint density at radius 1 is 1.16 bits per heavy atom. The number of aromatic nitrogens is 1. The summed E-state index contributed by atoms with van der Waals surface area (Å²) in [6, 6.07) is 12.2. The van der Waals surface area contributed by atoms with E-state index in [1.165, 1.54) is 16.7 Å². The molecule has 3 aromatic rings. The maximum Gasteiger partial charge on any atom is 0.307 e. The van der Waals surface area contributed by atoms with E-state index in [9.17, 15) is 13.2 Å². The number of hydrogen-bond acceptors (Lipinski definition) is 5. The molecule has 0 radical (unpaired) electrons. The van der Waals surface area contributed by atoms with Crippen LogP contribution in [0.5, 0.6) is 5.75 Å². The predicted octanol–water partition coefficient (Wildman–Crippen LogP) is 2.13. The molecular weight excluding hydrogens is 360 g/mol. The summed E-state index contributed by atoms with van der Waals surface area (Å²) in [5.74, 6) is 0.763. The molecule has 3 rings (SSSR count). The molecule has 1 N–H and O–H groups in total. The number of methoxy groups -OCH3 is 1. The number of nitrogens with zero attached hydrogens (tertiary/aromatic N) is 1. The zero-order valence-electron chi connectivity index (χ0n) is 13.9. The van der Waals surface area contributed by atoms with Crippen LogP contribution in [-0.4, -0.2) is 26.6 Å². The van der Waals surface area contributed by atoms with Crippen molar-refractivity contribution in [3.8, 4) is 5.75 Å². The second-order valence-corrected chi connectivity index (χ2v) is 8.31. The third-order valence-electron chi connectivity index (χ3n) is 3.94. The van der Waals surface area contributed by atoms with Crippen LogP contribution in [0.15, 0.2) is 52.2 Å². The minimum absolute atomic E-state index is 0.114. The van der Waals surface area contributed by atoms with E-state index in [0.717, 1.165) is 28.2 Å². The second-order valence-electron chi connectivity index (χ2n) is 5.55. The highest BCUT2D eigenvalue weighted by Crippen LogP contribution is 2.21. The van der Waals surface area contributed by atoms with Gasteiger partial charge in [0.05, 0.1) is 22.2 Å². The third-order valence-corrected chi connectivity index (χ3v) is 6.39. The van der Waals surface area contributed by atoms with Gasteiger partial charge in [-0.1, -0.05) is 23.5 Å². The lowest BCUT2D eigenvalue weighted by molar-refractivity contribution is 0.414. The van der Waals surface area contributed by atoms with Crippen molar-refractivity contribution in [2.45, 2.75) is 11.3 Å². The molecule has 1 aromatic heterocycles. The number of fused-ring (bicyclic) bond motifs is 1. The second kappa shape index (κ2) is 6.99. The van der Waals surface area contributed by atoms with Crippen molar-refractivity contribution >= 4 is 31.6 Å². The van der Waals surface area contributed by atoms with Crippen molar-refractivity contribution in [3.63, 3.8) is 0 Å². The van der Waals surface area contributed by atoms with Gasteiger partial charge in [0, 0.05) is 13.6 Å². The fourth-order valence-corrected chi connectivity index (χ4v) is 4.54. The average Bonchev–Trinajstić information content (AvgIpc) is 2.89. The van der Waals surface area contributed by atoms with E-state index in [1.54, 1.807) is 20.2 Å². The molecule has 0 aliphatic rings. The van der Waals surface area contributed by atoms with Crippen molar-refractivity contribution in [1.82, 2.24) is 9.29 Å². The van der Waals surface area contributed by atoms with Crippen LogP contribution in [0.4, 0.5) is 0 Å². The Balaban J connectivity index is 1.71. The van der Waals surface area contributed by atoms with E-state index in [0.29, 0.717) is 11.1 Å². The Bertz CT molecular complexity index is 1050. The van der Waals surface area contributed by atoms with Crippen LogP contribution >= 0.6 is 11.3 Å². The summed E-state index contributed by atoms with van der Waals surface area (Å²) in [5, 5.41) is 0. The van der Waals surface area contributed by atoms with Crippen LogP contribution in [0.3, 0.4) is 0 Å². The highest BCUT2D eigenvalue weighted by Gasteiger charge is 2.15. The summed E-state index contributed by atoms with van der Waals surface area (Å²) in [4.78, 5) is 11.7. The SMILES string of the molecule is COc1ccc(CCNS(=O)(=O)c2ccc3c(c2)sc(=O)n3C)cc1. The monoisotopic (exact) mass is 378 g/mol. The van der Waals surface area contributed by atoms with Crippen molar-refractivity contribution in [2.75, 3.05) is 13.7 Å². The number of rotatable bonds is 6. The maximum absolute atomic E-state index is 12.4. The van der Waals surface area contributed by atoms with E-state index in [1.807, 2.05) is 24.3 Å². The summed E-state index contributed by atoms with van der Waals surface area (Å²) < 4.78 is 34.8. The van der Waals surface area contributed by atoms with Gasteiger partial charge in [-0.25, -0.2) is 13.1 Å². The Labute approximate surface area is 149 Å². The Morgan fingerprint density at radius 2 is 1.88 bits per heavy atom. The molecule has 2 aromatic carbocycles. The molecule has 0 aliphatic carbocycles. The topological polar surface area (TPSA) is 77.4 Å². The minimum Gasteiger partial charge on any atom is -0.497 e. The molecule has 25 heavy (non-hydrogen) atoms. The standard InChI is InChI=1S/C17H18N2O4S2/c1-19-15-8-7-14(11-16(15)24-17(19)20)25(21,22)18-10-9-12-3-5-13(23-2)6-4-12/h3-8,11,18H,9-10H2,1-2H3. The number of benzene rings is 2. The lowest BCUT2D eigenvalue weighted by Gasteiger charge is -2.08. The van der Waals surface area contributed by atoms with Crippen molar-refractivity contribution < 1.29 is 13.2 Å². The molecule has 0 bridgehead atoms. The Hall–Kier alpha value is -2.16. The van der Waals surface area contributed by atoms with Crippen LogP contribution in [-0.2, 0) is 23.5 Å². The minimum atomic E-state index is -3.62. The van der Waals surface area contributed by atoms with Crippen LogP contribution in [0, 0.1) is 0 Å². The van der Waals surface area contributed by atoms with Gasteiger partial charge in [0.15, 0.2) is 0 Å². The lowest BCUT2D eigenvalue weighted by Crippen LogP contribution is -2.26. The maximum atomic E-state index is 12.4. The van der Waals surface area contributed by atoms with E-state index in [4.69, 9.17) is 4.74 Å². The third kappa shape index (κ3) is 3.76. The number of thiazole rings is 1. The first-order valence-electron chi connectivity index (χ1n) is 7.63. The van der Waals surface area contributed by atoms with E-state index in [2.05, 4.69) is 4.72 Å². The van der Waals surface area contributed by atoms with E-state index >= 15 is 0 Å². The van der Waals surface area contributed by atoms with Crippen molar-refractivity contribution in [3.05, 3.63) is 57.7 Å². The fraction of sp³-hybridized carbons (Fsp3) is 0.235. The van der Waals surface area contributed by atoms with Gasteiger partial charge in [-0.3, -0.25) is 4.79 Å². The van der Waals surface area contributed by atoms with Crippen molar-refractivity contribution in [1.29, 1.82) is 0 Å². The Morgan fingerprint density at radius 3 is 2.56 bits per heavy atom. The lowest BCUT2D eigenvalue weighted by atomic mass is 10.1. The molecule has 0 spiro atoms. The van der Waals surface area contributed by atoms with Crippen LogP contribution in [0.2, 0.25) is 0 Å². The van der Waals surface area contributed by atoms with Gasteiger partial charge < -0.3 is 9.30 Å². The number of nitrogens with one attached hydrogen (secondary N) is 1. The zero-order valence-corrected chi connectivity index (χ0v) is 15.5. The molecule has 0 amide bonds. The van der Waals surface area contributed by atoms with Gasteiger partial charge in [-0.15, -0.1) is 0 Å². The zero-order chi connectivity index (χ0) is 18.0. The fourth-order valence-electron chi connectivity index (χ4n) is 2.49. The molecule has 0 saturated heterocycles. The quantitative estimate of drug-likeness (QED) is 0.713. The van der Waals surface area contributed by atoms with E-state index in [-0.39, 0.29) is 16.3 Å². The van der Waals surface area contributed by atoms with Crippen LogP contribution in [0.25, 0.3) is 10.2 Å². The number of ether oxygens (including phenoxy) is 1. The first kappa shape index (κ1) is 17.7. The van der Waals surface area contributed by atoms with Gasteiger partial charge in [0.2, 0.25) is 10.0 Å². The average molecular weight is 378 g/mol. The normalized spacial score (nSPS) is 11.8.